The summed E-state index contributed by atoms with van der Waals surface area (Å²) in [4.78, 5) is 25.7. The Kier molecular flexibility index (Phi) is 7.05. The predicted molar refractivity (Wildman–Crippen MR) is 135 cm³/mol. The van der Waals surface area contributed by atoms with Crippen LogP contribution in [0.4, 0.5) is 0 Å². The minimum atomic E-state index is -0.471. The number of hydrogen-bond donors (Lipinski definition) is 2. The molecular weight excluding hydrogens is 456 g/mol. The molecular formula is C28H26N4O4. The number of carbonyl (C=O) groups is 2. The van der Waals surface area contributed by atoms with Crippen molar-refractivity contribution < 1.29 is 19.1 Å². The molecule has 1 unspecified atom stereocenters. The van der Waals surface area contributed by atoms with Gasteiger partial charge in [0.15, 0.2) is 0 Å². The van der Waals surface area contributed by atoms with E-state index in [0.29, 0.717) is 29.2 Å². The number of hydrazine groups is 1. The molecule has 4 aromatic rings. The van der Waals surface area contributed by atoms with Crippen molar-refractivity contribution in [3.05, 3.63) is 102 Å². The van der Waals surface area contributed by atoms with Gasteiger partial charge in [0.1, 0.15) is 18.1 Å². The van der Waals surface area contributed by atoms with Gasteiger partial charge in [-0.15, -0.1) is 0 Å². The van der Waals surface area contributed by atoms with Gasteiger partial charge in [0.05, 0.1) is 17.4 Å². The van der Waals surface area contributed by atoms with Crippen LogP contribution < -0.4 is 15.6 Å². The molecule has 8 heteroatoms. The third-order valence-corrected chi connectivity index (χ3v) is 5.89. The number of carbonyl (C=O) groups excluding carboxylic acids is 2. The number of rotatable bonds is 7. The molecule has 0 saturated carbocycles. The summed E-state index contributed by atoms with van der Waals surface area (Å²) in [5, 5.41) is 4.63. The van der Waals surface area contributed by atoms with Crippen LogP contribution in [0.25, 0.3) is 16.9 Å². The van der Waals surface area contributed by atoms with Crippen molar-refractivity contribution in [1.82, 2.24) is 20.6 Å². The van der Waals surface area contributed by atoms with Gasteiger partial charge in [0, 0.05) is 23.9 Å². The first kappa shape index (κ1) is 23.3. The zero-order chi connectivity index (χ0) is 24.7. The molecule has 8 nitrogen and oxygen atoms in total. The number of nitrogens with zero attached hydrogens (tertiary/aromatic N) is 2. The number of hydrogen-bond acceptors (Lipinski definition) is 5. The third kappa shape index (κ3) is 5.45. The largest absolute Gasteiger partial charge is 0.491 e. The maximum absolute atomic E-state index is 13.1. The molecule has 3 aromatic carbocycles. The van der Waals surface area contributed by atoms with Crippen molar-refractivity contribution in [3.63, 3.8) is 0 Å². The molecule has 1 aliphatic heterocycles. The summed E-state index contributed by atoms with van der Waals surface area (Å²) in [6, 6.07) is 25.7. The Morgan fingerprint density at radius 3 is 2.31 bits per heavy atom. The van der Waals surface area contributed by atoms with Gasteiger partial charge in [-0.2, -0.15) is 5.10 Å². The first-order valence-electron chi connectivity index (χ1n) is 11.8. The van der Waals surface area contributed by atoms with Crippen molar-refractivity contribution in [2.24, 2.45) is 0 Å². The Hall–Kier alpha value is -4.43. The molecule has 1 atom stereocenters. The van der Waals surface area contributed by atoms with Crippen LogP contribution in [0, 0.1) is 0 Å². The molecule has 1 fully saturated rings. The molecule has 0 aliphatic carbocycles. The summed E-state index contributed by atoms with van der Waals surface area (Å²) in [5.41, 5.74) is 7.85. The Labute approximate surface area is 208 Å². The fraction of sp³-hybridized carbons (Fsp3) is 0.179. The summed E-state index contributed by atoms with van der Waals surface area (Å²) in [6.07, 6.45) is 3.82. The molecule has 0 spiro atoms. The Bertz CT molecular complexity index is 1310. The Morgan fingerprint density at radius 2 is 1.61 bits per heavy atom. The van der Waals surface area contributed by atoms with Crippen molar-refractivity contribution in [2.45, 2.75) is 18.9 Å². The molecule has 1 saturated heterocycles. The van der Waals surface area contributed by atoms with Gasteiger partial charge in [0.25, 0.3) is 11.8 Å². The number of aromatic nitrogens is 2. The van der Waals surface area contributed by atoms with Gasteiger partial charge in [-0.1, -0.05) is 48.5 Å². The predicted octanol–water partition coefficient (Wildman–Crippen LogP) is 4.17. The highest BCUT2D eigenvalue weighted by Gasteiger charge is 2.20. The van der Waals surface area contributed by atoms with Gasteiger partial charge in [-0.3, -0.25) is 20.4 Å². The number of amides is 2. The average Bonchev–Trinajstić information content (AvgIpc) is 3.62. The number of ether oxygens (including phenoxy) is 2. The van der Waals surface area contributed by atoms with Crippen LogP contribution in [0.15, 0.2) is 91.1 Å². The second kappa shape index (κ2) is 10.9. The lowest BCUT2D eigenvalue weighted by Gasteiger charge is -2.12. The minimum Gasteiger partial charge on any atom is -0.491 e. The molecule has 2 heterocycles. The topological polar surface area (TPSA) is 94.5 Å². The van der Waals surface area contributed by atoms with Crippen LogP contribution in [0.3, 0.4) is 0 Å². The van der Waals surface area contributed by atoms with Crippen LogP contribution >= 0.6 is 0 Å². The zero-order valence-electron chi connectivity index (χ0n) is 19.6. The lowest BCUT2D eigenvalue weighted by Crippen LogP contribution is -2.41. The van der Waals surface area contributed by atoms with E-state index in [9.17, 15) is 9.59 Å². The fourth-order valence-corrected chi connectivity index (χ4v) is 3.98. The zero-order valence-corrected chi connectivity index (χ0v) is 19.6. The standard InChI is InChI=1S/C28H26N4O4/c33-27(21-13-15-23(16-14-21)36-19-24-12-7-17-35-24)29-30-28(34)25-18-32(22-10-5-2-6-11-22)31-26(25)20-8-3-1-4-9-20/h1-6,8-11,13-16,18,24H,7,12,17,19H2,(H,29,33)(H,30,34). The van der Waals surface area contributed by atoms with Crippen LogP contribution in [0.1, 0.15) is 33.6 Å². The van der Waals surface area contributed by atoms with Gasteiger partial charge in [-0.25, -0.2) is 4.68 Å². The highest BCUT2D eigenvalue weighted by atomic mass is 16.5. The number of para-hydroxylation sites is 1. The summed E-state index contributed by atoms with van der Waals surface area (Å²) in [5.74, 6) is -0.251. The molecule has 2 amide bonds. The van der Waals surface area contributed by atoms with Gasteiger partial charge < -0.3 is 9.47 Å². The van der Waals surface area contributed by atoms with Crippen LogP contribution in [0.5, 0.6) is 5.75 Å². The van der Waals surface area contributed by atoms with Gasteiger partial charge >= 0.3 is 0 Å². The first-order chi connectivity index (χ1) is 17.7. The highest BCUT2D eigenvalue weighted by molar-refractivity contribution is 6.02. The lowest BCUT2D eigenvalue weighted by atomic mass is 10.1. The summed E-state index contributed by atoms with van der Waals surface area (Å²) in [7, 11) is 0. The Balaban J connectivity index is 1.26. The van der Waals surface area contributed by atoms with Crippen molar-refractivity contribution in [1.29, 1.82) is 0 Å². The van der Waals surface area contributed by atoms with E-state index in [4.69, 9.17) is 9.47 Å². The number of nitrogens with one attached hydrogen (secondary N) is 2. The van der Waals surface area contributed by atoms with E-state index in [1.54, 1.807) is 35.1 Å². The van der Waals surface area contributed by atoms with E-state index in [1.807, 2.05) is 60.7 Å². The molecule has 0 bridgehead atoms. The average molecular weight is 483 g/mol. The van der Waals surface area contributed by atoms with Gasteiger partial charge in [0.2, 0.25) is 0 Å². The highest BCUT2D eigenvalue weighted by Crippen LogP contribution is 2.23. The monoisotopic (exact) mass is 482 g/mol. The van der Waals surface area contributed by atoms with Crippen molar-refractivity contribution >= 4 is 11.8 Å². The van der Waals surface area contributed by atoms with E-state index in [-0.39, 0.29) is 6.10 Å². The Morgan fingerprint density at radius 1 is 0.917 bits per heavy atom. The summed E-state index contributed by atoms with van der Waals surface area (Å²) < 4.78 is 12.9. The molecule has 5 rings (SSSR count). The van der Waals surface area contributed by atoms with Crippen LogP contribution in [-0.2, 0) is 4.74 Å². The SMILES string of the molecule is O=C(NNC(=O)c1cn(-c2ccccc2)nc1-c1ccccc1)c1ccc(OCC2CCCO2)cc1. The van der Waals surface area contributed by atoms with Crippen LogP contribution in [-0.4, -0.2) is 40.9 Å². The maximum atomic E-state index is 13.1. The van der Waals surface area contributed by atoms with Crippen molar-refractivity contribution in [3.8, 4) is 22.7 Å². The third-order valence-electron chi connectivity index (χ3n) is 5.89. The summed E-state index contributed by atoms with van der Waals surface area (Å²) in [6.45, 7) is 1.26. The van der Waals surface area contributed by atoms with Crippen molar-refractivity contribution in [2.75, 3.05) is 13.2 Å². The molecule has 36 heavy (non-hydrogen) atoms. The second-order valence-electron chi connectivity index (χ2n) is 8.42. The smallest absolute Gasteiger partial charge is 0.273 e. The second-order valence-corrected chi connectivity index (χ2v) is 8.42. The fourth-order valence-electron chi connectivity index (χ4n) is 3.98. The molecule has 1 aromatic heterocycles. The summed E-state index contributed by atoms with van der Waals surface area (Å²) >= 11 is 0. The van der Waals surface area contributed by atoms with E-state index in [0.717, 1.165) is 30.7 Å². The van der Waals surface area contributed by atoms with E-state index < -0.39 is 11.8 Å². The quantitative estimate of drug-likeness (QED) is 0.386. The van der Waals surface area contributed by atoms with E-state index in [1.165, 1.54) is 0 Å². The van der Waals surface area contributed by atoms with E-state index in [2.05, 4.69) is 16.0 Å². The molecule has 2 N–H and O–H groups in total. The maximum Gasteiger partial charge on any atom is 0.273 e. The minimum absolute atomic E-state index is 0.121. The first-order valence-corrected chi connectivity index (χ1v) is 11.8. The molecule has 0 radical (unpaired) electrons. The normalized spacial score (nSPS) is 14.8. The molecule has 182 valence electrons. The van der Waals surface area contributed by atoms with E-state index >= 15 is 0 Å². The van der Waals surface area contributed by atoms with Crippen LogP contribution in [0.2, 0.25) is 0 Å². The van der Waals surface area contributed by atoms with Gasteiger partial charge in [-0.05, 0) is 49.2 Å². The number of benzene rings is 3. The molecule has 1 aliphatic rings. The lowest BCUT2D eigenvalue weighted by molar-refractivity contribution is 0.0679.